The number of ether oxygens (including phenoxy) is 1. The van der Waals surface area contributed by atoms with Crippen molar-refractivity contribution in [2.45, 2.75) is 13.5 Å². The minimum Gasteiger partial charge on any atom is -0.489 e. The van der Waals surface area contributed by atoms with Gasteiger partial charge in [0.25, 0.3) is 0 Å². The van der Waals surface area contributed by atoms with Crippen molar-refractivity contribution in [1.29, 1.82) is 0 Å². The zero-order valence-corrected chi connectivity index (χ0v) is 12.4. The van der Waals surface area contributed by atoms with Crippen molar-refractivity contribution in [3.63, 3.8) is 0 Å². The maximum Gasteiger partial charge on any atom is 0.142 e. The lowest BCUT2D eigenvalue weighted by Crippen LogP contribution is -2.09. The lowest BCUT2D eigenvalue weighted by Gasteiger charge is -2.11. The Morgan fingerprint density at radius 2 is 2.05 bits per heavy atom. The Kier molecular flexibility index (Phi) is 4.57. The molecular formula is C15H13ClFNOS. The molecule has 5 heteroatoms. The van der Waals surface area contributed by atoms with E-state index in [1.807, 2.05) is 19.1 Å². The van der Waals surface area contributed by atoms with Crippen LogP contribution in [0.5, 0.6) is 5.75 Å². The van der Waals surface area contributed by atoms with Gasteiger partial charge in [-0.2, -0.15) is 0 Å². The van der Waals surface area contributed by atoms with Crippen LogP contribution in [-0.4, -0.2) is 4.99 Å². The Bertz CT molecular complexity index is 660. The van der Waals surface area contributed by atoms with Crippen LogP contribution in [0.25, 0.3) is 0 Å². The first-order valence-corrected chi connectivity index (χ1v) is 6.73. The summed E-state index contributed by atoms with van der Waals surface area (Å²) in [5, 5.41) is 0.0976. The van der Waals surface area contributed by atoms with Gasteiger partial charge < -0.3 is 10.5 Å². The second-order valence-electron chi connectivity index (χ2n) is 4.38. The number of hydrogen-bond donors (Lipinski definition) is 1. The highest BCUT2D eigenvalue weighted by atomic mass is 35.5. The number of benzene rings is 2. The molecule has 0 aliphatic carbocycles. The smallest absolute Gasteiger partial charge is 0.142 e. The summed E-state index contributed by atoms with van der Waals surface area (Å²) in [4.78, 5) is 0.312. The van der Waals surface area contributed by atoms with Crippen LogP contribution in [0, 0.1) is 12.7 Å². The van der Waals surface area contributed by atoms with E-state index in [2.05, 4.69) is 0 Å². The predicted molar refractivity (Wildman–Crippen MR) is 82.8 cm³/mol. The number of nitrogens with two attached hydrogens (primary N) is 1. The van der Waals surface area contributed by atoms with Gasteiger partial charge in [0.15, 0.2) is 0 Å². The van der Waals surface area contributed by atoms with Crippen LogP contribution < -0.4 is 10.5 Å². The third-order valence-electron chi connectivity index (χ3n) is 2.85. The Hall–Kier alpha value is -1.65. The number of thiocarbonyl (C=S) groups is 1. The van der Waals surface area contributed by atoms with Gasteiger partial charge in [0.05, 0.1) is 5.02 Å². The van der Waals surface area contributed by atoms with E-state index < -0.39 is 5.82 Å². The summed E-state index contributed by atoms with van der Waals surface area (Å²) < 4.78 is 19.0. The molecule has 0 atom stereocenters. The van der Waals surface area contributed by atoms with Gasteiger partial charge in [-0.1, -0.05) is 42.0 Å². The molecule has 0 heterocycles. The SMILES string of the molecule is Cc1ccc(C(N)=S)cc1OCc1ccc(Cl)c(F)c1. The highest BCUT2D eigenvalue weighted by Crippen LogP contribution is 2.22. The molecule has 2 rings (SSSR count). The molecule has 0 aliphatic heterocycles. The van der Waals surface area contributed by atoms with E-state index in [9.17, 15) is 4.39 Å². The van der Waals surface area contributed by atoms with Gasteiger partial charge >= 0.3 is 0 Å². The van der Waals surface area contributed by atoms with Crippen LogP contribution in [-0.2, 0) is 6.61 Å². The highest BCUT2D eigenvalue weighted by Gasteiger charge is 2.06. The molecule has 0 radical (unpaired) electrons. The lowest BCUT2D eigenvalue weighted by atomic mass is 10.1. The van der Waals surface area contributed by atoms with E-state index in [1.54, 1.807) is 12.1 Å². The molecule has 2 N–H and O–H groups in total. The van der Waals surface area contributed by atoms with Crippen LogP contribution in [0.2, 0.25) is 5.02 Å². The van der Waals surface area contributed by atoms with Crippen LogP contribution in [0.4, 0.5) is 4.39 Å². The number of aryl methyl sites for hydroxylation is 1. The molecule has 0 bridgehead atoms. The van der Waals surface area contributed by atoms with Gasteiger partial charge in [0.2, 0.25) is 0 Å². The van der Waals surface area contributed by atoms with E-state index in [-0.39, 0.29) is 11.6 Å². The van der Waals surface area contributed by atoms with Crippen LogP contribution in [0.3, 0.4) is 0 Å². The molecule has 0 saturated carbocycles. The maximum absolute atomic E-state index is 13.3. The van der Waals surface area contributed by atoms with Gasteiger partial charge in [-0.05, 0) is 36.2 Å². The lowest BCUT2D eigenvalue weighted by molar-refractivity contribution is 0.303. The monoisotopic (exact) mass is 309 g/mol. The summed E-state index contributed by atoms with van der Waals surface area (Å²) in [6.45, 7) is 2.16. The summed E-state index contributed by atoms with van der Waals surface area (Å²) in [5.41, 5.74) is 7.99. The quantitative estimate of drug-likeness (QED) is 0.867. The average Bonchev–Trinajstić information content (AvgIpc) is 2.41. The molecule has 2 aromatic carbocycles. The molecule has 0 saturated heterocycles. The fraction of sp³-hybridized carbons (Fsp3) is 0.133. The van der Waals surface area contributed by atoms with Crippen LogP contribution in [0.1, 0.15) is 16.7 Å². The first-order chi connectivity index (χ1) is 9.47. The van der Waals surface area contributed by atoms with Crippen molar-refractivity contribution in [3.8, 4) is 5.75 Å². The average molecular weight is 310 g/mol. The van der Waals surface area contributed by atoms with Crippen molar-refractivity contribution >= 4 is 28.8 Å². The molecule has 0 amide bonds. The van der Waals surface area contributed by atoms with Crippen LogP contribution >= 0.6 is 23.8 Å². The van der Waals surface area contributed by atoms with Gasteiger partial charge in [0, 0.05) is 5.56 Å². The summed E-state index contributed by atoms with van der Waals surface area (Å²) >= 11 is 10.6. The molecule has 0 spiro atoms. The standard InChI is InChI=1S/C15H13ClFNOS/c1-9-2-4-11(15(18)20)7-14(9)19-8-10-3-5-12(16)13(17)6-10/h2-7H,8H2,1H3,(H2,18,20). The normalized spacial score (nSPS) is 10.3. The molecule has 0 aliphatic rings. The zero-order valence-electron chi connectivity index (χ0n) is 10.8. The Morgan fingerprint density at radius 3 is 2.70 bits per heavy atom. The maximum atomic E-state index is 13.3. The van der Waals surface area contributed by atoms with E-state index >= 15 is 0 Å². The van der Waals surface area contributed by atoms with Crippen molar-refractivity contribution < 1.29 is 9.13 Å². The number of rotatable bonds is 4. The topological polar surface area (TPSA) is 35.2 Å². The fourth-order valence-electron chi connectivity index (χ4n) is 1.70. The Balaban J connectivity index is 2.15. The van der Waals surface area contributed by atoms with Gasteiger partial charge in [-0.3, -0.25) is 0 Å². The predicted octanol–water partition coefficient (Wildman–Crippen LogP) is 4.00. The van der Waals surface area contributed by atoms with Gasteiger partial charge in [-0.15, -0.1) is 0 Å². The summed E-state index contributed by atoms with van der Waals surface area (Å²) in [7, 11) is 0. The highest BCUT2D eigenvalue weighted by molar-refractivity contribution is 7.80. The minimum absolute atomic E-state index is 0.0976. The molecule has 2 nitrogen and oxygen atoms in total. The second-order valence-corrected chi connectivity index (χ2v) is 5.23. The van der Waals surface area contributed by atoms with Gasteiger partial charge in [0.1, 0.15) is 23.2 Å². The Labute approximate surface area is 127 Å². The number of hydrogen-bond acceptors (Lipinski definition) is 2. The van der Waals surface area contributed by atoms with Crippen molar-refractivity contribution in [1.82, 2.24) is 0 Å². The van der Waals surface area contributed by atoms with Crippen molar-refractivity contribution in [2.75, 3.05) is 0 Å². The van der Waals surface area contributed by atoms with E-state index in [1.165, 1.54) is 12.1 Å². The molecular weight excluding hydrogens is 297 g/mol. The zero-order chi connectivity index (χ0) is 14.7. The van der Waals surface area contributed by atoms with E-state index in [0.29, 0.717) is 16.3 Å². The summed E-state index contributed by atoms with van der Waals surface area (Å²) in [6.07, 6.45) is 0. The molecule has 0 fully saturated rings. The van der Waals surface area contributed by atoms with E-state index in [0.717, 1.165) is 11.1 Å². The molecule has 104 valence electrons. The molecule has 0 unspecified atom stereocenters. The largest absolute Gasteiger partial charge is 0.489 e. The Morgan fingerprint density at radius 1 is 1.30 bits per heavy atom. The first kappa shape index (κ1) is 14.8. The minimum atomic E-state index is -0.457. The summed E-state index contributed by atoms with van der Waals surface area (Å²) in [5.74, 6) is 0.215. The summed E-state index contributed by atoms with van der Waals surface area (Å²) in [6, 6.07) is 10.1. The number of halogens is 2. The molecule has 20 heavy (non-hydrogen) atoms. The third kappa shape index (κ3) is 3.46. The van der Waals surface area contributed by atoms with Gasteiger partial charge in [-0.25, -0.2) is 4.39 Å². The fourth-order valence-corrected chi connectivity index (χ4v) is 1.94. The van der Waals surface area contributed by atoms with Crippen molar-refractivity contribution in [3.05, 3.63) is 63.9 Å². The second kappa shape index (κ2) is 6.20. The first-order valence-electron chi connectivity index (χ1n) is 5.94. The molecule has 0 aromatic heterocycles. The van der Waals surface area contributed by atoms with E-state index in [4.69, 9.17) is 34.3 Å². The molecule has 2 aromatic rings. The van der Waals surface area contributed by atoms with Crippen molar-refractivity contribution in [2.24, 2.45) is 5.73 Å². The van der Waals surface area contributed by atoms with Crippen LogP contribution in [0.15, 0.2) is 36.4 Å². The third-order valence-corrected chi connectivity index (χ3v) is 3.39.